The van der Waals surface area contributed by atoms with E-state index in [9.17, 15) is 9.90 Å². The second-order valence-electron chi connectivity index (χ2n) is 8.67. The SMILES string of the molecule is COc1ccc(CN2C(=O)C3(CCC3)c3cc(/C(=C/C=N)Nc4ccncc4)cc(O)c32)cc1. The second kappa shape index (κ2) is 8.67. The number of methoxy groups -OCH3 is 1. The van der Waals surface area contributed by atoms with Gasteiger partial charge in [-0.05, 0) is 66.4 Å². The Kier molecular flexibility index (Phi) is 5.53. The summed E-state index contributed by atoms with van der Waals surface area (Å²) in [5.41, 5.74) is 4.02. The van der Waals surface area contributed by atoms with Gasteiger partial charge in [0.2, 0.25) is 5.91 Å². The van der Waals surface area contributed by atoms with Gasteiger partial charge in [0.05, 0.1) is 24.8 Å². The highest BCUT2D eigenvalue weighted by atomic mass is 16.5. The number of pyridine rings is 1. The maximum Gasteiger partial charge on any atom is 0.238 e. The molecule has 34 heavy (non-hydrogen) atoms. The molecule has 2 aromatic carbocycles. The summed E-state index contributed by atoms with van der Waals surface area (Å²) >= 11 is 0. The molecule has 5 rings (SSSR count). The van der Waals surface area contributed by atoms with Gasteiger partial charge in [0, 0.05) is 35.6 Å². The van der Waals surface area contributed by atoms with E-state index in [0.29, 0.717) is 17.9 Å². The van der Waals surface area contributed by atoms with Crippen LogP contribution in [0.25, 0.3) is 5.70 Å². The molecular weight excluding hydrogens is 428 g/mol. The first kappa shape index (κ1) is 21.7. The summed E-state index contributed by atoms with van der Waals surface area (Å²) in [7, 11) is 1.62. The van der Waals surface area contributed by atoms with Crippen LogP contribution in [0.15, 0.2) is 67.0 Å². The number of rotatable bonds is 7. The van der Waals surface area contributed by atoms with E-state index in [1.54, 1.807) is 36.5 Å². The minimum absolute atomic E-state index is 0.0386. The number of nitrogens with one attached hydrogen (secondary N) is 2. The van der Waals surface area contributed by atoms with Crippen LogP contribution in [0.1, 0.15) is 36.0 Å². The summed E-state index contributed by atoms with van der Waals surface area (Å²) in [6, 6.07) is 14.9. The number of ether oxygens (including phenoxy) is 1. The number of benzene rings is 2. The third-order valence-electron chi connectivity index (χ3n) is 6.76. The first-order chi connectivity index (χ1) is 16.6. The Balaban J connectivity index is 1.55. The number of hydrogen-bond donors (Lipinski definition) is 3. The number of aromatic hydroxyl groups is 1. The molecule has 1 fully saturated rings. The van der Waals surface area contributed by atoms with Gasteiger partial charge in [-0.15, -0.1) is 0 Å². The van der Waals surface area contributed by atoms with Crippen molar-refractivity contribution >= 4 is 29.2 Å². The van der Waals surface area contributed by atoms with Crippen molar-refractivity contribution in [2.45, 2.75) is 31.2 Å². The normalized spacial score (nSPS) is 16.2. The van der Waals surface area contributed by atoms with Crippen molar-refractivity contribution in [2.75, 3.05) is 17.3 Å². The highest BCUT2D eigenvalue weighted by molar-refractivity contribution is 6.10. The zero-order chi connectivity index (χ0) is 23.7. The van der Waals surface area contributed by atoms with Gasteiger partial charge in [-0.3, -0.25) is 9.78 Å². The fraction of sp³-hybridized carbons (Fsp3) is 0.222. The molecule has 1 amide bonds. The molecule has 1 aliphatic heterocycles. The van der Waals surface area contributed by atoms with Gasteiger partial charge in [0.1, 0.15) is 11.5 Å². The first-order valence-corrected chi connectivity index (χ1v) is 11.3. The zero-order valence-electron chi connectivity index (χ0n) is 18.9. The van der Waals surface area contributed by atoms with E-state index in [1.807, 2.05) is 42.5 Å². The van der Waals surface area contributed by atoms with E-state index in [0.717, 1.165) is 47.4 Å². The summed E-state index contributed by atoms with van der Waals surface area (Å²) in [5.74, 6) is 0.856. The molecule has 172 valence electrons. The number of carbonyl (C=O) groups is 1. The molecule has 0 atom stereocenters. The number of hydrogen-bond acceptors (Lipinski definition) is 6. The van der Waals surface area contributed by atoms with Gasteiger partial charge >= 0.3 is 0 Å². The molecule has 3 N–H and O–H groups in total. The maximum atomic E-state index is 13.7. The lowest BCUT2D eigenvalue weighted by atomic mass is 9.65. The van der Waals surface area contributed by atoms with Crippen LogP contribution < -0.4 is 15.0 Å². The lowest BCUT2D eigenvalue weighted by Gasteiger charge is -2.37. The smallest absolute Gasteiger partial charge is 0.238 e. The monoisotopic (exact) mass is 454 g/mol. The predicted molar refractivity (Wildman–Crippen MR) is 132 cm³/mol. The van der Waals surface area contributed by atoms with Crippen molar-refractivity contribution in [3.05, 3.63) is 83.7 Å². The zero-order valence-corrected chi connectivity index (χ0v) is 18.9. The molecule has 7 nitrogen and oxygen atoms in total. The summed E-state index contributed by atoms with van der Waals surface area (Å²) in [6.45, 7) is 0.378. The number of phenolic OH excluding ortho intramolecular Hbond substituents is 1. The Morgan fingerprint density at radius 3 is 2.56 bits per heavy atom. The third-order valence-corrected chi connectivity index (χ3v) is 6.76. The number of nitrogens with zero attached hydrogens (tertiary/aromatic N) is 2. The summed E-state index contributed by atoms with van der Waals surface area (Å²) < 4.78 is 5.24. The maximum absolute atomic E-state index is 13.7. The number of anilines is 2. The Hall–Kier alpha value is -4.13. The Labute approximate surface area is 198 Å². The molecule has 2 heterocycles. The molecule has 1 aromatic heterocycles. The topological polar surface area (TPSA) is 98.5 Å². The predicted octanol–water partition coefficient (Wildman–Crippen LogP) is 4.87. The molecule has 0 bridgehead atoms. The fourth-order valence-corrected chi connectivity index (χ4v) is 4.86. The Morgan fingerprint density at radius 2 is 1.94 bits per heavy atom. The molecule has 1 saturated carbocycles. The van der Waals surface area contributed by atoms with Crippen molar-refractivity contribution in [1.82, 2.24) is 4.98 Å². The summed E-state index contributed by atoms with van der Waals surface area (Å²) in [4.78, 5) is 19.4. The molecule has 2 aliphatic rings. The van der Waals surface area contributed by atoms with E-state index < -0.39 is 5.41 Å². The van der Waals surface area contributed by atoms with Gasteiger partial charge in [-0.25, -0.2) is 0 Å². The summed E-state index contributed by atoms with van der Waals surface area (Å²) in [6.07, 6.45) is 8.72. The molecule has 7 heteroatoms. The molecular formula is C27H26N4O3. The van der Waals surface area contributed by atoms with Crippen LogP contribution in [0, 0.1) is 5.41 Å². The number of aromatic nitrogens is 1. The second-order valence-corrected chi connectivity index (χ2v) is 8.67. The van der Waals surface area contributed by atoms with E-state index in [2.05, 4.69) is 10.3 Å². The van der Waals surface area contributed by atoms with E-state index >= 15 is 0 Å². The van der Waals surface area contributed by atoms with Crippen LogP contribution in [-0.4, -0.2) is 29.3 Å². The standard InChI is InChI=1S/C27H26N4O3/c1-34-21-5-3-18(4-6-21)17-31-25-22(27(26(31)33)10-2-11-27)15-19(16-24(25)32)23(7-12-28)30-20-8-13-29-14-9-20/h3-9,12-16,28,32H,2,10-11,17H2,1H3,(H,29,30)/b23-7-,28-12?. The minimum atomic E-state index is -0.595. The fourth-order valence-electron chi connectivity index (χ4n) is 4.86. The van der Waals surface area contributed by atoms with Gasteiger partial charge in [-0.2, -0.15) is 0 Å². The van der Waals surface area contributed by atoms with Crippen molar-refractivity contribution < 1.29 is 14.6 Å². The number of amides is 1. The van der Waals surface area contributed by atoms with Crippen molar-refractivity contribution in [3.8, 4) is 11.5 Å². The Bertz CT molecular complexity index is 1270. The molecule has 3 aromatic rings. The number of carbonyl (C=O) groups excluding carboxylic acids is 1. The van der Waals surface area contributed by atoms with Crippen LogP contribution in [0.3, 0.4) is 0 Å². The van der Waals surface area contributed by atoms with Crippen LogP contribution >= 0.6 is 0 Å². The van der Waals surface area contributed by atoms with Crippen LogP contribution in [-0.2, 0) is 16.8 Å². The quantitative estimate of drug-likeness (QED) is 0.443. The lowest BCUT2D eigenvalue weighted by molar-refractivity contribution is -0.126. The highest BCUT2D eigenvalue weighted by Gasteiger charge is 2.55. The number of allylic oxidation sites excluding steroid dienone is 1. The summed E-state index contributed by atoms with van der Waals surface area (Å²) in [5, 5.41) is 22.1. The molecule has 1 spiro atoms. The highest BCUT2D eigenvalue weighted by Crippen LogP contribution is 2.57. The van der Waals surface area contributed by atoms with Crippen LogP contribution in [0.5, 0.6) is 11.5 Å². The van der Waals surface area contributed by atoms with Gasteiger partial charge in [0.25, 0.3) is 0 Å². The van der Waals surface area contributed by atoms with E-state index in [4.69, 9.17) is 10.1 Å². The first-order valence-electron chi connectivity index (χ1n) is 11.3. The van der Waals surface area contributed by atoms with Gasteiger partial charge in [-0.1, -0.05) is 18.6 Å². The minimum Gasteiger partial charge on any atom is -0.506 e. The Morgan fingerprint density at radius 1 is 1.21 bits per heavy atom. The van der Waals surface area contributed by atoms with Crippen LogP contribution in [0.2, 0.25) is 0 Å². The molecule has 1 aliphatic carbocycles. The molecule has 0 radical (unpaired) electrons. The van der Waals surface area contributed by atoms with E-state index in [1.165, 1.54) is 6.21 Å². The number of phenols is 1. The van der Waals surface area contributed by atoms with Gasteiger partial charge < -0.3 is 25.5 Å². The number of fused-ring (bicyclic) bond motifs is 2. The van der Waals surface area contributed by atoms with Crippen molar-refractivity contribution in [1.29, 1.82) is 5.41 Å². The third kappa shape index (κ3) is 3.59. The lowest BCUT2D eigenvalue weighted by Crippen LogP contribution is -2.44. The van der Waals surface area contributed by atoms with Crippen LogP contribution in [0.4, 0.5) is 11.4 Å². The van der Waals surface area contributed by atoms with Crippen molar-refractivity contribution in [2.24, 2.45) is 0 Å². The largest absolute Gasteiger partial charge is 0.506 e. The average Bonchev–Trinajstić information content (AvgIpc) is 3.08. The average molecular weight is 455 g/mol. The molecule has 0 saturated heterocycles. The van der Waals surface area contributed by atoms with Crippen molar-refractivity contribution in [3.63, 3.8) is 0 Å². The molecule has 0 unspecified atom stereocenters. The van der Waals surface area contributed by atoms with Gasteiger partial charge in [0.15, 0.2) is 0 Å². The van der Waals surface area contributed by atoms with E-state index in [-0.39, 0.29) is 11.7 Å².